The zero-order valence-corrected chi connectivity index (χ0v) is 11.7. The number of carbonyl (C=O) groups is 1. The molecule has 0 bridgehead atoms. The van der Waals surface area contributed by atoms with Gasteiger partial charge in [-0.15, -0.1) is 0 Å². The first-order valence-electron chi connectivity index (χ1n) is 6.63. The fourth-order valence-electron chi connectivity index (χ4n) is 2.03. The van der Waals surface area contributed by atoms with Crippen molar-refractivity contribution >= 4 is 17.4 Å². The number of oxime groups is 1. The van der Waals surface area contributed by atoms with Crippen molar-refractivity contribution in [2.45, 2.75) is 13.3 Å². The van der Waals surface area contributed by atoms with Crippen LogP contribution in [0.1, 0.15) is 28.4 Å². The molecule has 21 heavy (non-hydrogen) atoms. The van der Waals surface area contributed by atoms with Gasteiger partial charge in [0.25, 0.3) is 5.91 Å². The van der Waals surface area contributed by atoms with Crippen molar-refractivity contribution in [3.8, 4) is 0 Å². The van der Waals surface area contributed by atoms with E-state index in [-0.39, 0.29) is 11.7 Å². The van der Waals surface area contributed by atoms with Gasteiger partial charge in [-0.3, -0.25) is 4.79 Å². The molecule has 2 aromatic rings. The predicted molar refractivity (Wildman–Crippen MR) is 82.7 cm³/mol. The van der Waals surface area contributed by atoms with Crippen LogP contribution < -0.4 is 11.1 Å². The maximum Gasteiger partial charge on any atom is 0.255 e. The molecule has 2 aromatic carbocycles. The number of hydrogen-bond acceptors (Lipinski definition) is 3. The first kappa shape index (κ1) is 14.6. The highest BCUT2D eigenvalue weighted by molar-refractivity contribution is 6.05. The molecule has 1 amide bonds. The van der Waals surface area contributed by atoms with Gasteiger partial charge in [-0.1, -0.05) is 30.3 Å². The Hall–Kier alpha value is -2.82. The van der Waals surface area contributed by atoms with E-state index in [1.165, 1.54) is 0 Å². The summed E-state index contributed by atoms with van der Waals surface area (Å²) in [6.45, 7) is 2.01. The second-order valence-corrected chi connectivity index (χ2v) is 4.53. The molecule has 2 rings (SSSR count). The van der Waals surface area contributed by atoms with Crippen molar-refractivity contribution in [2.24, 2.45) is 10.9 Å². The molecule has 0 aliphatic rings. The van der Waals surface area contributed by atoms with E-state index in [0.717, 1.165) is 12.0 Å². The van der Waals surface area contributed by atoms with Gasteiger partial charge in [-0.05, 0) is 42.3 Å². The van der Waals surface area contributed by atoms with Gasteiger partial charge < -0.3 is 16.3 Å². The smallest absolute Gasteiger partial charge is 0.255 e. The maximum atomic E-state index is 12.3. The Morgan fingerprint density at radius 3 is 2.48 bits per heavy atom. The number of aryl methyl sites for hydroxylation is 1. The average Bonchev–Trinajstić information content (AvgIpc) is 2.54. The summed E-state index contributed by atoms with van der Waals surface area (Å²) >= 11 is 0. The number of hydrogen-bond donors (Lipinski definition) is 3. The van der Waals surface area contributed by atoms with E-state index in [4.69, 9.17) is 10.9 Å². The highest BCUT2D eigenvalue weighted by Crippen LogP contribution is 2.14. The topological polar surface area (TPSA) is 87.7 Å². The summed E-state index contributed by atoms with van der Waals surface area (Å²) in [6, 6.07) is 14.3. The van der Waals surface area contributed by atoms with Crippen LogP contribution in [-0.4, -0.2) is 17.0 Å². The first-order chi connectivity index (χ1) is 10.2. The molecule has 4 N–H and O–H groups in total. The fraction of sp³-hybridized carbons (Fsp3) is 0.125. The van der Waals surface area contributed by atoms with Crippen molar-refractivity contribution in [1.29, 1.82) is 0 Å². The van der Waals surface area contributed by atoms with Crippen LogP contribution in [0.2, 0.25) is 0 Å². The Balaban J connectivity index is 2.16. The van der Waals surface area contributed by atoms with Crippen LogP contribution in [0, 0.1) is 0 Å². The number of benzene rings is 2. The number of carbonyl (C=O) groups excluding carboxylic acids is 1. The molecule has 0 saturated heterocycles. The lowest BCUT2D eigenvalue weighted by Crippen LogP contribution is -2.15. The fourth-order valence-corrected chi connectivity index (χ4v) is 2.03. The highest BCUT2D eigenvalue weighted by Gasteiger charge is 2.10. The molecule has 0 radical (unpaired) electrons. The third-order valence-electron chi connectivity index (χ3n) is 3.19. The van der Waals surface area contributed by atoms with E-state index in [2.05, 4.69) is 10.5 Å². The van der Waals surface area contributed by atoms with Crippen LogP contribution in [-0.2, 0) is 6.42 Å². The minimum absolute atomic E-state index is 0.0317. The second-order valence-electron chi connectivity index (χ2n) is 4.53. The molecular weight excluding hydrogens is 266 g/mol. The van der Waals surface area contributed by atoms with Crippen molar-refractivity contribution in [2.75, 3.05) is 5.32 Å². The monoisotopic (exact) mass is 283 g/mol. The first-order valence-corrected chi connectivity index (χ1v) is 6.63. The summed E-state index contributed by atoms with van der Waals surface area (Å²) in [7, 11) is 0. The molecule has 108 valence electrons. The Morgan fingerprint density at radius 2 is 1.86 bits per heavy atom. The van der Waals surface area contributed by atoms with E-state index in [0.29, 0.717) is 16.8 Å². The number of nitrogens with zero attached hydrogens (tertiary/aromatic N) is 1. The number of amides is 1. The lowest BCUT2D eigenvalue weighted by molar-refractivity contribution is 0.102. The summed E-state index contributed by atoms with van der Waals surface area (Å²) in [4.78, 5) is 12.3. The van der Waals surface area contributed by atoms with Crippen LogP contribution in [0.4, 0.5) is 5.69 Å². The molecule has 0 fully saturated rings. The van der Waals surface area contributed by atoms with Gasteiger partial charge in [0.15, 0.2) is 5.84 Å². The Bertz CT molecular complexity index is 663. The molecular formula is C16H17N3O2. The summed E-state index contributed by atoms with van der Waals surface area (Å²) in [5, 5.41) is 14.4. The molecule has 0 atom stereocenters. The van der Waals surface area contributed by atoms with Gasteiger partial charge in [-0.2, -0.15) is 0 Å². The zero-order chi connectivity index (χ0) is 15.2. The molecule has 0 unspecified atom stereocenters. The Kier molecular flexibility index (Phi) is 4.56. The van der Waals surface area contributed by atoms with Gasteiger partial charge in [0.1, 0.15) is 0 Å². The third-order valence-corrected chi connectivity index (χ3v) is 3.19. The molecule has 5 heteroatoms. The van der Waals surface area contributed by atoms with Crippen LogP contribution in [0.3, 0.4) is 0 Å². The van der Waals surface area contributed by atoms with Crippen molar-refractivity contribution < 1.29 is 10.0 Å². The van der Waals surface area contributed by atoms with Gasteiger partial charge in [0.05, 0.1) is 0 Å². The summed E-state index contributed by atoms with van der Waals surface area (Å²) in [5.74, 6) is -0.117. The summed E-state index contributed by atoms with van der Waals surface area (Å²) in [6.07, 6.45) is 0.798. The quantitative estimate of drug-likeness (QED) is 0.349. The minimum atomic E-state index is -0.149. The third kappa shape index (κ3) is 3.39. The van der Waals surface area contributed by atoms with E-state index in [1.54, 1.807) is 30.3 Å². The Labute approximate surface area is 123 Å². The normalized spacial score (nSPS) is 11.2. The molecule has 5 nitrogen and oxygen atoms in total. The van der Waals surface area contributed by atoms with Crippen molar-refractivity contribution in [3.63, 3.8) is 0 Å². The summed E-state index contributed by atoms with van der Waals surface area (Å²) < 4.78 is 0. The molecule has 0 aliphatic carbocycles. The standard InChI is InChI=1S/C16H17N3O2/c1-2-11-5-3-4-6-14(11)16(20)18-13-9-7-12(8-10-13)15(17)19-21/h3-10,21H,2H2,1H3,(H2,17,19)(H,18,20). The largest absolute Gasteiger partial charge is 0.409 e. The number of nitrogens with two attached hydrogens (primary N) is 1. The lowest BCUT2D eigenvalue weighted by Gasteiger charge is -2.09. The minimum Gasteiger partial charge on any atom is -0.409 e. The number of anilines is 1. The van der Waals surface area contributed by atoms with Gasteiger partial charge in [0.2, 0.25) is 0 Å². The number of amidine groups is 1. The summed E-state index contributed by atoms with van der Waals surface area (Å²) in [5.41, 5.74) is 8.40. The van der Waals surface area contributed by atoms with Crippen molar-refractivity contribution in [1.82, 2.24) is 0 Å². The van der Waals surface area contributed by atoms with Crippen LogP contribution in [0.25, 0.3) is 0 Å². The van der Waals surface area contributed by atoms with Gasteiger partial charge in [0, 0.05) is 16.8 Å². The Morgan fingerprint density at radius 1 is 1.19 bits per heavy atom. The highest BCUT2D eigenvalue weighted by atomic mass is 16.4. The van der Waals surface area contributed by atoms with Crippen molar-refractivity contribution in [3.05, 3.63) is 65.2 Å². The van der Waals surface area contributed by atoms with Crippen LogP contribution >= 0.6 is 0 Å². The predicted octanol–water partition coefficient (Wildman–Crippen LogP) is 2.60. The number of rotatable bonds is 4. The van der Waals surface area contributed by atoms with Crippen LogP contribution in [0.5, 0.6) is 0 Å². The van der Waals surface area contributed by atoms with E-state index in [9.17, 15) is 4.79 Å². The van der Waals surface area contributed by atoms with Gasteiger partial charge >= 0.3 is 0 Å². The molecule has 0 heterocycles. The van der Waals surface area contributed by atoms with E-state index < -0.39 is 0 Å². The second kappa shape index (κ2) is 6.56. The van der Waals surface area contributed by atoms with Crippen LogP contribution in [0.15, 0.2) is 53.7 Å². The van der Waals surface area contributed by atoms with Gasteiger partial charge in [-0.25, -0.2) is 0 Å². The number of nitrogens with one attached hydrogen (secondary N) is 1. The van der Waals surface area contributed by atoms with E-state index in [1.807, 2.05) is 25.1 Å². The molecule has 0 aliphatic heterocycles. The average molecular weight is 283 g/mol. The molecule has 0 aromatic heterocycles. The SMILES string of the molecule is CCc1ccccc1C(=O)Nc1ccc(/C(N)=N/O)cc1. The molecule has 0 spiro atoms. The zero-order valence-electron chi connectivity index (χ0n) is 11.7. The van der Waals surface area contributed by atoms with E-state index >= 15 is 0 Å². The molecule has 0 saturated carbocycles. The maximum absolute atomic E-state index is 12.3. The lowest BCUT2D eigenvalue weighted by atomic mass is 10.0.